The third-order valence-corrected chi connectivity index (χ3v) is 7.87. The maximum atomic E-state index is 12.9. The van der Waals surface area contributed by atoms with Crippen molar-refractivity contribution in [2.75, 3.05) is 11.9 Å². The minimum absolute atomic E-state index is 0.0379. The first-order valence-corrected chi connectivity index (χ1v) is 13.9. The van der Waals surface area contributed by atoms with Gasteiger partial charge in [-0.3, -0.25) is 9.78 Å². The Hall–Kier alpha value is -3.97. The Morgan fingerprint density at radius 3 is 2.49 bits per heavy atom. The molecule has 200 valence electrons. The Balaban J connectivity index is 1.48. The van der Waals surface area contributed by atoms with Crippen LogP contribution < -0.4 is 10.6 Å². The largest absolute Gasteiger partial charge is 0.352 e. The number of amides is 1. The normalized spacial score (nSPS) is 16.8. The Bertz CT molecular complexity index is 1480. The number of benzene rings is 2. The highest BCUT2D eigenvalue weighted by molar-refractivity contribution is 7.80. The molecule has 3 heterocycles. The van der Waals surface area contributed by atoms with Gasteiger partial charge in [0.15, 0.2) is 5.11 Å². The number of nitrogens with one attached hydrogen (secondary N) is 2. The zero-order chi connectivity index (χ0) is 27.5. The molecule has 0 bridgehead atoms. The monoisotopic (exact) mass is 537 g/mol. The summed E-state index contributed by atoms with van der Waals surface area (Å²) in [5.41, 5.74) is 8.90. The molecule has 1 aliphatic heterocycles. The van der Waals surface area contributed by atoms with Crippen LogP contribution in [-0.4, -0.2) is 32.0 Å². The fourth-order valence-electron chi connectivity index (χ4n) is 5.55. The zero-order valence-electron chi connectivity index (χ0n) is 22.9. The highest BCUT2D eigenvalue weighted by atomic mass is 32.1. The molecule has 1 saturated heterocycles. The Morgan fingerprint density at radius 1 is 1.03 bits per heavy atom. The molecule has 4 aromatic rings. The maximum absolute atomic E-state index is 12.9. The van der Waals surface area contributed by atoms with E-state index in [0.29, 0.717) is 18.1 Å². The van der Waals surface area contributed by atoms with Crippen LogP contribution in [0.3, 0.4) is 0 Å². The van der Waals surface area contributed by atoms with Gasteiger partial charge in [-0.2, -0.15) is 0 Å². The smallest absolute Gasteiger partial charge is 0.226 e. The van der Waals surface area contributed by atoms with E-state index in [4.69, 9.17) is 12.2 Å². The van der Waals surface area contributed by atoms with Crippen LogP contribution in [-0.2, 0) is 11.2 Å². The predicted octanol–water partition coefficient (Wildman–Crippen LogP) is 6.36. The molecular formula is C32H35N5OS. The lowest BCUT2D eigenvalue weighted by molar-refractivity contribution is -0.116. The van der Waals surface area contributed by atoms with Crippen molar-refractivity contribution < 1.29 is 4.79 Å². The Morgan fingerprint density at radius 2 is 1.77 bits per heavy atom. The molecule has 7 heteroatoms. The summed E-state index contributed by atoms with van der Waals surface area (Å²) in [4.78, 5) is 19.7. The molecule has 2 unspecified atom stereocenters. The van der Waals surface area contributed by atoms with Gasteiger partial charge in [0.05, 0.1) is 17.8 Å². The van der Waals surface area contributed by atoms with Crippen LogP contribution in [0.25, 0.3) is 5.69 Å². The molecule has 2 aromatic carbocycles. The number of carbonyl (C=O) groups excluding carboxylic acids is 1. The van der Waals surface area contributed by atoms with E-state index in [-0.39, 0.29) is 18.0 Å². The first-order chi connectivity index (χ1) is 18.9. The molecule has 0 saturated carbocycles. The number of anilines is 1. The van der Waals surface area contributed by atoms with E-state index >= 15 is 0 Å². The molecule has 0 radical (unpaired) electrons. The van der Waals surface area contributed by atoms with Gasteiger partial charge in [0.25, 0.3) is 0 Å². The van der Waals surface area contributed by atoms with Crippen molar-refractivity contribution in [2.45, 2.75) is 52.6 Å². The van der Waals surface area contributed by atoms with Crippen molar-refractivity contribution in [1.82, 2.24) is 19.8 Å². The second-order valence-corrected chi connectivity index (χ2v) is 10.5. The number of para-hydroxylation sites is 1. The lowest BCUT2D eigenvalue weighted by Crippen LogP contribution is -2.32. The third-order valence-electron chi connectivity index (χ3n) is 7.52. The SMILES string of the molecule is CCc1ccccc1-n1c(C)cc(C2C(c3ccccn3)NC(=S)N2CCC(=O)Nc2ccc(C)cc2)c1C. The fourth-order valence-corrected chi connectivity index (χ4v) is 5.88. The second kappa shape index (κ2) is 11.4. The van der Waals surface area contributed by atoms with E-state index in [1.165, 1.54) is 22.5 Å². The second-order valence-electron chi connectivity index (χ2n) is 10.1. The van der Waals surface area contributed by atoms with Gasteiger partial charge in [0.2, 0.25) is 5.91 Å². The molecule has 1 fully saturated rings. The van der Waals surface area contributed by atoms with E-state index < -0.39 is 0 Å². The number of pyridine rings is 1. The van der Waals surface area contributed by atoms with E-state index in [1.807, 2.05) is 55.6 Å². The van der Waals surface area contributed by atoms with Gasteiger partial charge < -0.3 is 20.1 Å². The van der Waals surface area contributed by atoms with Crippen LogP contribution in [0.15, 0.2) is 79.0 Å². The fraction of sp³-hybridized carbons (Fsp3) is 0.281. The van der Waals surface area contributed by atoms with Crippen molar-refractivity contribution in [3.05, 3.63) is 113 Å². The van der Waals surface area contributed by atoms with Gasteiger partial charge >= 0.3 is 0 Å². The average molecular weight is 538 g/mol. The minimum atomic E-state index is -0.130. The van der Waals surface area contributed by atoms with E-state index in [0.717, 1.165) is 29.1 Å². The minimum Gasteiger partial charge on any atom is -0.352 e. The summed E-state index contributed by atoms with van der Waals surface area (Å²) in [6.45, 7) is 9.04. The molecule has 1 amide bonds. The summed E-state index contributed by atoms with van der Waals surface area (Å²) in [5.74, 6) is -0.0379. The number of aryl methyl sites for hydroxylation is 3. The van der Waals surface area contributed by atoms with Crippen LogP contribution in [0.4, 0.5) is 5.69 Å². The van der Waals surface area contributed by atoms with Crippen molar-refractivity contribution in [2.24, 2.45) is 0 Å². The zero-order valence-corrected chi connectivity index (χ0v) is 23.8. The highest BCUT2D eigenvalue weighted by Crippen LogP contribution is 2.41. The van der Waals surface area contributed by atoms with Crippen molar-refractivity contribution in [3.63, 3.8) is 0 Å². The molecule has 2 aromatic heterocycles. The molecule has 1 aliphatic rings. The summed E-state index contributed by atoms with van der Waals surface area (Å²) in [7, 11) is 0. The van der Waals surface area contributed by atoms with Crippen LogP contribution in [0.2, 0.25) is 0 Å². The van der Waals surface area contributed by atoms with Crippen molar-refractivity contribution in [1.29, 1.82) is 0 Å². The summed E-state index contributed by atoms with van der Waals surface area (Å²) in [6, 6.07) is 24.4. The molecule has 0 aliphatic carbocycles. The van der Waals surface area contributed by atoms with Gasteiger partial charge in [0, 0.05) is 41.9 Å². The quantitative estimate of drug-likeness (QED) is 0.256. The first-order valence-electron chi connectivity index (χ1n) is 13.5. The lowest BCUT2D eigenvalue weighted by atomic mass is 9.96. The van der Waals surface area contributed by atoms with Crippen molar-refractivity contribution in [3.8, 4) is 5.69 Å². The molecule has 2 atom stereocenters. The molecule has 39 heavy (non-hydrogen) atoms. The topological polar surface area (TPSA) is 62.2 Å². The number of nitrogens with zero attached hydrogens (tertiary/aromatic N) is 3. The maximum Gasteiger partial charge on any atom is 0.226 e. The van der Waals surface area contributed by atoms with E-state index in [1.54, 1.807) is 0 Å². The summed E-state index contributed by atoms with van der Waals surface area (Å²) < 4.78 is 2.34. The van der Waals surface area contributed by atoms with Gasteiger partial charge in [-0.05, 0) is 86.9 Å². The van der Waals surface area contributed by atoms with Crippen LogP contribution in [0, 0.1) is 20.8 Å². The van der Waals surface area contributed by atoms with Crippen LogP contribution >= 0.6 is 12.2 Å². The third kappa shape index (κ3) is 5.45. The number of carbonyl (C=O) groups is 1. The number of hydrogen-bond donors (Lipinski definition) is 2. The number of hydrogen-bond acceptors (Lipinski definition) is 3. The summed E-state index contributed by atoms with van der Waals surface area (Å²) in [5, 5.41) is 7.18. The van der Waals surface area contributed by atoms with Crippen molar-refractivity contribution >= 4 is 28.9 Å². The summed E-state index contributed by atoms with van der Waals surface area (Å²) >= 11 is 5.86. The van der Waals surface area contributed by atoms with Gasteiger partial charge in [-0.25, -0.2) is 0 Å². The van der Waals surface area contributed by atoms with E-state index in [2.05, 4.69) is 76.2 Å². The molecule has 0 spiro atoms. The number of aromatic nitrogens is 2. The number of thiocarbonyl (C=S) groups is 1. The molecule has 2 N–H and O–H groups in total. The van der Waals surface area contributed by atoms with Crippen LogP contribution in [0.1, 0.15) is 59.2 Å². The summed E-state index contributed by atoms with van der Waals surface area (Å²) in [6.07, 6.45) is 3.09. The first kappa shape index (κ1) is 26.6. The molecule has 5 rings (SSSR count). The molecule has 6 nitrogen and oxygen atoms in total. The van der Waals surface area contributed by atoms with Crippen LogP contribution in [0.5, 0.6) is 0 Å². The van der Waals surface area contributed by atoms with Gasteiger partial charge in [0.1, 0.15) is 0 Å². The van der Waals surface area contributed by atoms with Gasteiger partial charge in [-0.15, -0.1) is 0 Å². The van der Waals surface area contributed by atoms with Gasteiger partial charge in [-0.1, -0.05) is 48.9 Å². The average Bonchev–Trinajstić information content (AvgIpc) is 3.43. The number of rotatable bonds is 8. The highest BCUT2D eigenvalue weighted by Gasteiger charge is 2.41. The Kier molecular flexibility index (Phi) is 7.79. The van der Waals surface area contributed by atoms with E-state index in [9.17, 15) is 4.79 Å². The molecular weight excluding hydrogens is 502 g/mol. The predicted molar refractivity (Wildman–Crippen MR) is 161 cm³/mol. The Labute approximate surface area is 236 Å². The lowest BCUT2D eigenvalue weighted by Gasteiger charge is -2.28. The standard InChI is InChI=1S/C32H35N5OS/c1-5-24-10-6-7-12-28(24)37-22(3)20-26(23(37)4)31-30(27-11-8-9-18-33-27)35-32(39)36(31)19-17-29(38)34-25-15-13-21(2)14-16-25/h6-16,18,20,30-31H,5,17,19H2,1-4H3,(H,34,38)(H,35,39).